The van der Waals surface area contributed by atoms with Crippen molar-refractivity contribution in [2.75, 3.05) is 18.2 Å². The Bertz CT molecular complexity index is 1200. The second kappa shape index (κ2) is 11.9. The Morgan fingerprint density at radius 3 is 2.71 bits per heavy atom. The van der Waals surface area contributed by atoms with Gasteiger partial charge in [0.2, 0.25) is 5.91 Å². The first-order valence-corrected chi connectivity index (χ1v) is 11.9. The van der Waals surface area contributed by atoms with E-state index in [-0.39, 0.29) is 17.6 Å². The number of rotatable bonds is 10. The lowest BCUT2D eigenvalue weighted by Gasteiger charge is -2.16. The molecule has 0 unspecified atom stereocenters. The lowest BCUT2D eigenvalue weighted by atomic mass is 10.2. The van der Waals surface area contributed by atoms with Gasteiger partial charge in [0.15, 0.2) is 11.0 Å². The van der Waals surface area contributed by atoms with Crippen molar-refractivity contribution < 1.29 is 14.3 Å². The molecule has 2 amide bonds. The number of ether oxygens (including phenoxy) is 1. The van der Waals surface area contributed by atoms with E-state index in [0.717, 1.165) is 0 Å². The molecular formula is C23H23Cl2N5O3S. The molecule has 0 bridgehead atoms. The standard InChI is InChI=1S/C23H23Cl2N5O3S/c1-4-11-30-21(14(2)26-22(32)16-7-5-6-8-17(16)25)28-29-23(30)34-13-20(31)27-18-12-15(24)9-10-19(18)33-3/h4-10,12,14H,1,11,13H2,2-3H3,(H,26,32)(H,27,31)/t14-/m1/s1. The average molecular weight is 520 g/mol. The number of anilines is 1. The zero-order chi connectivity index (χ0) is 24.7. The summed E-state index contributed by atoms with van der Waals surface area (Å²) in [6.07, 6.45) is 1.69. The van der Waals surface area contributed by atoms with Crippen LogP contribution in [0, 0.1) is 0 Å². The molecule has 1 atom stereocenters. The summed E-state index contributed by atoms with van der Waals surface area (Å²) in [6.45, 7) is 5.98. The molecule has 3 aromatic rings. The first-order valence-electron chi connectivity index (χ1n) is 10.2. The number of benzene rings is 2. The fraction of sp³-hybridized carbons (Fsp3) is 0.217. The summed E-state index contributed by atoms with van der Waals surface area (Å²) >= 11 is 13.4. The Hall–Kier alpha value is -3.01. The number of nitrogens with zero attached hydrogens (tertiary/aromatic N) is 3. The predicted molar refractivity (Wildman–Crippen MR) is 135 cm³/mol. The second-order valence-corrected chi connectivity index (χ2v) is 8.88. The van der Waals surface area contributed by atoms with Crippen LogP contribution >= 0.6 is 35.0 Å². The zero-order valence-electron chi connectivity index (χ0n) is 18.5. The van der Waals surface area contributed by atoms with Crippen LogP contribution in [0.2, 0.25) is 10.0 Å². The molecule has 0 fully saturated rings. The Morgan fingerprint density at radius 1 is 1.24 bits per heavy atom. The summed E-state index contributed by atoms with van der Waals surface area (Å²) in [5.74, 6) is 0.518. The Labute approximate surface area is 211 Å². The van der Waals surface area contributed by atoms with E-state index >= 15 is 0 Å². The van der Waals surface area contributed by atoms with E-state index in [1.54, 1.807) is 60.0 Å². The summed E-state index contributed by atoms with van der Waals surface area (Å²) in [5.41, 5.74) is 0.846. The SMILES string of the molecule is C=CCn1c(SCC(=O)Nc2cc(Cl)ccc2OC)nnc1[C@@H](C)NC(=O)c1ccccc1Cl. The molecule has 1 aromatic heterocycles. The highest BCUT2D eigenvalue weighted by molar-refractivity contribution is 7.99. The molecule has 0 spiro atoms. The average Bonchev–Trinajstić information content (AvgIpc) is 3.21. The van der Waals surface area contributed by atoms with Crippen molar-refractivity contribution in [2.45, 2.75) is 24.7 Å². The van der Waals surface area contributed by atoms with Crippen LogP contribution in [0.25, 0.3) is 0 Å². The van der Waals surface area contributed by atoms with E-state index in [1.807, 2.05) is 0 Å². The van der Waals surface area contributed by atoms with E-state index in [0.29, 0.717) is 44.6 Å². The van der Waals surface area contributed by atoms with E-state index in [4.69, 9.17) is 27.9 Å². The number of thioether (sulfide) groups is 1. The molecular weight excluding hydrogens is 497 g/mol. The topological polar surface area (TPSA) is 98.1 Å². The van der Waals surface area contributed by atoms with Gasteiger partial charge >= 0.3 is 0 Å². The molecule has 11 heteroatoms. The summed E-state index contributed by atoms with van der Waals surface area (Å²) in [4.78, 5) is 25.2. The largest absolute Gasteiger partial charge is 0.495 e. The van der Waals surface area contributed by atoms with Crippen LogP contribution in [0.3, 0.4) is 0 Å². The summed E-state index contributed by atoms with van der Waals surface area (Å²) in [5, 5.41) is 15.5. The second-order valence-electron chi connectivity index (χ2n) is 7.10. The van der Waals surface area contributed by atoms with E-state index in [9.17, 15) is 9.59 Å². The maximum atomic E-state index is 12.6. The summed E-state index contributed by atoms with van der Waals surface area (Å²) in [6, 6.07) is 11.3. The molecule has 0 aliphatic carbocycles. The Morgan fingerprint density at radius 2 is 2.00 bits per heavy atom. The fourth-order valence-corrected chi connectivity index (χ4v) is 4.25. The highest BCUT2D eigenvalue weighted by Gasteiger charge is 2.21. The van der Waals surface area contributed by atoms with Gasteiger partial charge in [-0.1, -0.05) is 53.2 Å². The maximum absolute atomic E-state index is 12.6. The smallest absolute Gasteiger partial charge is 0.253 e. The van der Waals surface area contributed by atoms with Gasteiger partial charge in [-0.2, -0.15) is 0 Å². The number of carbonyl (C=O) groups excluding carboxylic acids is 2. The number of allylic oxidation sites excluding steroid dienone is 1. The minimum absolute atomic E-state index is 0.0747. The van der Waals surface area contributed by atoms with Gasteiger partial charge in [-0.15, -0.1) is 16.8 Å². The van der Waals surface area contributed by atoms with Crippen LogP contribution in [0.5, 0.6) is 5.75 Å². The number of amides is 2. The number of methoxy groups -OCH3 is 1. The molecule has 0 saturated heterocycles. The Kier molecular flexibility index (Phi) is 8.98. The number of aromatic nitrogens is 3. The normalized spacial score (nSPS) is 11.5. The highest BCUT2D eigenvalue weighted by Crippen LogP contribution is 2.28. The van der Waals surface area contributed by atoms with E-state index in [1.165, 1.54) is 18.9 Å². The van der Waals surface area contributed by atoms with Crippen molar-refractivity contribution >= 4 is 52.5 Å². The molecule has 3 rings (SSSR count). The molecule has 8 nitrogen and oxygen atoms in total. The molecule has 178 valence electrons. The molecule has 34 heavy (non-hydrogen) atoms. The van der Waals surface area contributed by atoms with Gasteiger partial charge in [-0.05, 0) is 37.3 Å². The Balaban J connectivity index is 1.69. The zero-order valence-corrected chi connectivity index (χ0v) is 20.9. The number of halogens is 2. The van der Waals surface area contributed by atoms with Gasteiger partial charge in [0.25, 0.3) is 5.91 Å². The van der Waals surface area contributed by atoms with Gasteiger partial charge < -0.3 is 19.9 Å². The quantitative estimate of drug-likeness (QED) is 0.288. The van der Waals surface area contributed by atoms with Crippen LogP contribution in [0.4, 0.5) is 5.69 Å². The fourth-order valence-electron chi connectivity index (χ4n) is 3.11. The van der Waals surface area contributed by atoms with Crippen molar-refractivity contribution in [1.29, 1.82) is 0 Å². The summed E-state index contributed by atoms with van der Waals surface area (Å²) in [7, 11) is 1.51. The van der Waals surface area contributed by atoms with Crippen LogP contribution in [-0.4, -0.2) is 39.4 Å². The van der Waals surface area contributed by atoms with Crippen LogP contribution in [-0.2, 0) is 11.3 Å². The van der Waals surface area contributed by atoms with Crippen molar-refractivity contribution in [1.82, 2.24) is 20.1 Å². The van der Waals surface area contributed by atoms with Crippen molar-refractivity contribution in [3.05, 3.63) is 76.6 Å². The molecule has 0 saturated carbocycles. The molecule has 1 heterocycles. The van der Waals surface area contributed by atoms with Crippen molar-refractivity contribution in [2.24, 2.45) is 0 Å². The molecule has 0 aliphatic rings. The van der Waals surface area contributed by atoms with Crippen molar-refractivity contribution in [3.8, 4) is 5.75 Å². The maximum Gasteiger partial charge on any atom is 0.253 e. The molecule has 0 aliphatic heterocycles. The third kappa shape index (κ3) is 6.31. The van der Waals surface area contributed by atoms with Crippen LogP contribution < -0.4 is 15.4 Å². The third-order valence-electron chi connectivity index (χ3n) is 4.68. The highest BCUT2D eigenvalue weighted by atomic mass is 35.5. The van der Waals surface area contributed by atoms with Gasteiger partial charge in [0.1, 0.15) is 5.75 Å². The molecule has 2 aromatic carbocycles. The first-order chi connectivity index (χ1) is 16.3. The number of hydrogen-bond donors (Lipinski definition) is 2. The lowest BCUT2D eigenvalue weighted by Crippen LogP contribution is -2.29. The minimum atomic E-state index is -0.463. The van der Waals surface area contributed by atoms with E-state index in [2.05, 4.69) is 27.4 Å². The van der Waals surface area contributed by atoms with Gasteiger partial charge in [0.05, 0.1) is 35.2 Å². The van der Waals surface area contributed by atoms with Gasteiger partial charge in [0, 0.05) is 11.6 Å². The monoisotopic (exact) mass is 519 g/mol. The van der Waals surface area contributed by atoms with E-state index < -0.39 is 6.04 Å². The van der Waals surface area contributed by atoms with Crippen molar-refractivity contribution in [3.63, 3.8) is 0 Å². The minimum Gasteiger partial charge on any atom is -0.495 e. The lowest BCUT2D eigenvalue weighted by molar-refractivity contribution is -0.113. The van der Waals surface area contributed by atoms with Gasteiger partial charge in [-0.25, -0.2) is 0 Å². The number of nitrogens with one attached hydrogen (secondary N) is 2. The summed E-state index contributed by atoms with van der Waals surface area (Å²) < 4.78 is 7.05. The number of hydrogen-bond acceptors (Lipinski definition) is 6. The molecule has 2 N–H and O–H groups in total. The van der Waals surface area contributed by atoms with Gasteiger partial charge in [-0.3, -0.25) is 9.59 Å². The molecule has 0 radical (unpaired) electrons. The third-order valence-corrected chi connectivity index (χ3v) is 6.21. The van der Waals surface area contributed by atoms with Crippen LogP contribution in [0.1, 0.15) is 29.1 Å². The van der Waals surface area contributed by atoms with Crippen LogP contribution in [0.15, 0.2) is 60.3 Å². The predicted octanol–water partition coefficient (Wildman–Crippen LogP) is 5.00. The number of carbonyl (C=O) groups is 2. The first kappa shape index (κ1) is 25.6.